The summed E-state index contributed by atoms with van der Waals surface area (Å²) in [6.45, 7) is 3.94. The summed E-state index contributed by atoms with van der Waals surface area (Å²) in [7, 11) is 0. The molecular formula is C21H22F6N2O7. The van der Waals surface area contributed by atoms with E-state index in [-0.39, 0.29) is 6.10 Å². The third kappa shape index (κ3) is 9.13. The minimum Gasteiger partial charge on any atom is -0.475 e. The lowest BCUT2D eigenvalue weighted by Gasteiger charge is -2.20. The Balaban J connectivity index is 0.000000271. The van der Waals surface area contributed by atoms with Crippen LogP contribution in [0.5, 0.6) is 0 Å². The molecule has 0 unspecified atom stereocenters. The quantitative estimate of drug-likeness (QED) is 0.563. The van der Waals surface area contributed by atoms with Crippen LogP contribution < -0.4 is 0 Å². The SMILES string of the molecule is O=C(O)C(F)(F)F.O=C(O)C(F)(F)F.c1cncc(CO[C@H]2CN(Cc3ccco3)[C@@H]3COC[C@H]23)c1. The minimum absolute atomic E-state index is 0.211. The number of pyridine rings is 1. The molecule has 0 aliphatic carbocycles. The average Bonchev–Trinajstić information content (AvgIpc) is 3.53. The Kier molecular flexibility index (Phi) is 10.2. The second kappa shape index (κ2) is 12.7. The second-order valence-electron chi connectivity index (χ2n) is 7.59. The Morgan fingerprint density at radius 3 is 2.19 bits per heavy atom. The van der Waals surface area contributed by atoms with Crippen molar-refractivity contribution in [2.24, 2.45) is 5.92 Å². The minimum atomic E-state index is -5.08. The molecule has 15 heteroatoms. The lowest BCUT2D eigenvalue weighted by Crippen LogP contribution is -2.32. The van der Waals surface area contributed by atoms with Crippen LogP contribution in [0.4, 0.5) is 26.3 Å². The summed E-state index contributed by atoms with van der Waals surface area (Å²) in [5, 5.41) is 14.2. The molecule has 2 aliphatic rings. The number of carboxylic acids is 2. The van der Waals surface area contributed by atoms with Gasteiger partial charge in [-0.25, -0.2) is 9.59 Å². The molecule has 2 aliphatic heterocycles. The maximum Gasteiger partial charge on any atom is 0.490 e. The van der Waals surface area contributed by atoms with Crippen LogP contribution >= 0.6 is 0 Å². The van der Waals surface area contributed by atoms with Gasteiger partial charge in [0.15, 0.2) is 0 Å². The zero-order chi connectivity index (χ0) is 26.9. The van der Waals surface area contributed by atoms with E-state index in [0.717, 1.165) is 37.6 Å². The molecule has 0 bridgehead atoms. The molecule has 0 radical (unpaired) electrons. The highest BCUT2D eigenvalue weighted by molar-refractivity contribution is 5.73. The number of hydrogen-bond acceptors (Lipinski definition) is 7. The standard InChI is InChI=1S/C17H20N2O3.2C2HF3O2/c1-3-13(7-18-5-1)10-22-17-9-19(8-14-4-2-6-21-14)16-12-20-11-15(16)17;2*3-2(4,5)1(6)7/h1-7,15-17H,8-12H2;2*(H,6,7)/t15-,16+,17-;;/m0../s1. The first kappa shape index (κ1) is 29.1. The molecule has 0 aromatic carbocycles. The highest BCUT2D eigenvalue weighted by atomic mass is 19.4. The Bertz CT molecular complexity index is 930. The molecule has 2 saturated heterocycles. The highest BCUT2D eigenvalue weighted by Crippen LogP contribution is 2.33. The van der Waals surface area contributed by atoms with E-state index in [4.69, 9.17) is 33.7 Å². The maximum absolute atomic E-state index is 10.6. The van der Waals surface area contributed by atoms with Gasteiger partial charge in [0.2, 0.25) is 0 Å². The number of carboxylic acid groups (broad SMARTS) is 2. The number of aromatic nitrogens is 1. The van der Waals surface area contributed by atoms with Crippen molar-refractivity contribution in [2.45, 2.75) is 37.7 Å². The van der Waals surface area contributed by atoms with Gasteiger partial charge in [0.1, 0.15) is 5.76 Å². The van der Waals surface area contributed by atoms with Crippen LogP contribution in [0.25, 0.3) is 0 Å². The van der Waals surface area contributed by atoms with Crippen molar-refractivity contribution in [1.29, 1.82) is 0 Å². The van der Waals surface area contributed by atoms with E-state index in [9.17, 15) is 26.3 Å². The molecule has 200 valence electrons. The fraction of sp³-hybridized carbons (Fsp3) is 0.476. The van der Waals surface area contributed by atoms with Crippen molar-refractivity contribution in [2.75, 3.05) is 19.8 Å². The van der Waals surface area contributed by atoms with Gasteiger partial charge in [-0.05, 0) is 23.8 Å². The molecule has 2 aromatic rings. The molecule has 3 atom stereocenters. The molecule has 2 fully saturated rings. The second-order valence-corrected chi connectivity index (χ2v) is 7.59. The van der Waals surface area contributed by atoms with Crippen LogP contribution in [0.3, 0.4) is 0 Å². The van der Waals surface area contributed by atoms with Crippen molar-refractivity contribution in [3.63, 3.8) is 0 Å². The molecule has 0 amide bonds. The average molecular weight is 528 g/mol. The van der Waals surface area contributed by atoms with Gasteiger partial charge >= 0.3 is 24.3 Å². The number of ether oxygens (including phenoxy) is 2. The number of fused-ring (bicyclic) bond motifs is 1. The van der Waals surface area contributed by atoms with E-state index >= 15 is 0 Å². The van der Waals surface area contributed by atoms with Crippen LogP contribution in [-0.4, -0.2) is 76.3 Å². The monoisotopic (exact) mass is 528 g/mol. The van der Waals surface area contributed by atoms with E-state index in [1.165, 1.54) is 0 Å². The highest BCUT2D eigenvalue weighted by Gasteiger charge is 2.46. The number of alkyl halides is 6. The molecule has 0 saturated carbocycles. The van der Waals surface area contributed by atoms with Crippen molar-refractivity contribution < 1.29 is 60.0 Å². The van der Waals surface area contributed by atoms with Crippen LogP contribution in [0, 0.1) is 5.92 Å². The number of carbonyl (C=O) groups is 2. The first-order chi connectivity index (χ1) is 16.8. The Hall–Kier alpha value is -3.17. The zero-order valence-electron chi connectivity index (χ0n) is 18.4. The summed E-state index contributed by atoms with van der Waals surface area (Å²) < 4.78 is 80.8. The lowest BCUT2D eigenvalue weighted by atomic mass is 10.0. The van der Waals surface area contributed by atoms with Crippen LogP contribution in [0.1, 0.15) is 11.3 Å². The van der Waals surface area contributed by atoms with Gasteiger partial charge < -0.3 is 24.1 Å². The largest absolute Gasteiger partial charge is 0.490 e. The van der Waals surface area contributed by atoms with Crippen LogP contribution in [-0.2, 0) is 32.2 Å². The van der Waals surface area contributed by atoms with Gasteiger partial charge in [-0.1, -0.05) is 6.07 Å². The maximum atomic E-state index is 10.6. The van der Waals surface area contributed by atoms with Gasteiger partial charge in [0, 0.05) is 30.9 Å². The number of aliphatic carboxylic acids is 2. The summed E-state index contributed by atoms with van der Waals surface area (Å²) in [6, 6.07) is 8.38. The van der Waals surface area contributed by atoms with Crippen molar-refractivity contribution in [3.05, 3.63) is 54.2 Å². The van der Waals surface area contributed by atoms with Gasteiger partial charge in [-0.15, -0.1) is 0 Å². The summed E-state index contributed by atoms with van der Waals surface area (Å²) in [6.07, 6.45) is -4.59. The Morgan fingerprint density at radius 2 is 1.69 bits per heavy atom. The topological polar surface area (TPSA) is 122 Å². The first-order valence-corrected chi connectivity index (χ1v) is 10.2. The van der Waals surface area contributed by atoms with Crippen LogP contribution in [0.2, 0.25) is 0 Å². The fourth-order valence-corrected chi connectivity index (χ4v) is 3.44. The molecule has 4 rings (SSSR count). The summed E-state index contributed by atoms with van der Waals surface area (Å²) in [5.41, 5.74) is 1.11. The normalized spacial score (nSPS) is 21.6. The number of rotatable bonds is 5. The molecule has 36 heavy (non-hydrogen) atoms. The van der Waals surface area contributed by atoms with Crippen molar-refractivity contribution >= 4 is 11.9 Å². The zero-order valence-corrected chi connectivity index (χ0v) is 18.4. The van der Waals surface area contributed by atoms with Gasteiger partial charge in [-0.3, -0.25) is 9.88 Å². The van der Waals surface area contributed by atoms with E-state index in [0.29, 0.717) is 18.6 Å². The predicted octanol–water partition coefficient (Wildman–Crippen LogP) is 3.36. The third-order valence-electron chi connectivity index (χ3n) is 5.07. The Morgan fingerprint density at radius 1 is 1.06 bits per heavy atom. The molecule has 9 nitrogen and oxygen atoms in total. The summed E-state index contributed by atoms with van der Waals surface area (Å²) >= 11 is 0. The van der Waals surface area contributed by atoms with Gasteiger partial charge in [0.05, 0.1) is 38.7 Å². The molecule has 2 aromatic heterocycles. The number of halogens is 6. The lowest BCUT2D eigenvalue weighted by molar-refractivity contribution is -0.193. The smallest absolute Gasteiger partial charge is 0.475 e. The number of nitrogens with zero attached hydrogens (tertiary/aromatic N) is 2. The Labute approximate surface area is 200 Å². The molecule has 4 heterocycles. The number of furan rings is 1. The first-order valence-electron chi connectivity index (χ1n) is 10.2. The van der Waals surface area contributed by atoms with Gasteiger partial charge in [0.25, 0.3) is 0 Å². The van der Waals surface area contributed by atoms with E-state index in [2.05, 4.69) is 9.88 Å². The molecule has 2 N–H and O–H groups in total. The van der Waals surface area contributed by atoms with E-state index in [1.54, 1.807) is 12.5 Å². The van der Waals surface area contributed by atoms with Crippen LogP contribution in [0.15, 0.2) is 47.3 Å². The van der Waals surface area contributed by atoms with Gasteiger partial charge in [-0.2, -0.15) is 26.3 Å². The van der Waals surface area contributed by atoms with Crippen molar-refractivity contribution in [3.8, 4) is 0 Å². The van der Waals surface area contributed by atoms with E-state index < -0.39 is 24.3 Å². The van der Waals surface area contributed by atoms with E-state index in [1.807, 2.05) is 30.5 Å². The number of likely N-dealkylation sites (tertiary alicyclic amines) is 1. The summed E-state index contributed by atoms with van der Waals surface area (Å²) in [5.74, 6) is -4.06. The fourth-order valence-electron chi connectivity index (χ4n) is 3.44. The predicted molar refractivity (Wildman–Crippen MR) is 107 cm³/mol. The summed E-state index contributed by atoms with van der Waals surface area (Å²) in [4.78, 5) is 24.3. The molecule has 0 spiro atoms. The van der Waals surface area contributed by atoms with Crippen molar-refractivity contribution in [1.82, 2.24) is 9.88 Å². The number of hydrogen-bond donors (Lipinski definition) is 2. The third-order valence-corrected chi connectivity index (χ3v) is 5.07. The molecular weight excluding hydrogens is 506 g/mol.